The van der Waals surface area contributed by atoms with Gasteiger partial charge in [0.05, 0.1) is 10.1 Å². The van der Waals surface area contributed by atoms with Crippen LogP contribution in [0.3, 0.4) is 0 Å². The molecular weight excluding hydrogens is 334 g/mol. The minimum absolute atomic E-state index is 0.213. The van der Waals surface area contributed by atoms with Gasteiger partial charge in [-0.25, -0.2) is 0 Å². The third-order valence-electron chi connectivity index (χ3n) is 3.19. The Bertz CT molecular complexity index is 438. The van der Waals surface area contributed by atoms with E-state index < -0.39 is 11.7 Å². The van der Waals surface area contributed by atoms with Crippen molar-refractivity contribution in [1.29, 1.82) is 0 Å². The molecule has 2 atom stereocenters. The second-order valence-corrected chi connectivity index (χ2v) is 6.63. The summed E-state index contributed by atoms with van der Waals surface area (Å²) >= 11 is 3.44. The molecule has 5 heteroatoms. The van der Waals surface area contributed by atoms with Gasteiger partial charge >= 0.3 is 0 Å². The SMILES string of the molecule is CCCC(C)(O)CNCC(O)COc1ccc(C)cc1Br. The van der Waals surface area contributed by atoms with Crippen molar-refractivity contribution in [2.45, 2.75) is 45.3 Å². The molecule has 0 saturated carbocycles. The standard InChI is InChI=1S/C16H26BrNO3/c1-4-7-16(3,20)11-18-9-13(19)10-21-15-6-5-12(2)8-14(15)17/h5-6,8,13,18-20H,4,7,9-11H2,1-3H3. The Morgan fingerprint density at radius 1 is 1.43 bits per heavy atom. The zero-order valence-corrected chi connectivity index (χ0v) is 14.6. The van der Waals surface area contributed by atoms with Crippen molar-refractivity contribution in [2.24, 2.45) is 0 Å². The molecule has 0 aliphatic rings. The zero-order chi connectivity index (χ0) is 15.9. The molecule has 21 heavy (non-hydrogen) atoms. The van der Waals surface area contributed by atoms with E-state index in [0.29, 0.717) is 13.1 Å². The molecule has 1 rings (SSSR count). The van der Waals surface area contributed by atoms with Gasteiger partial charge in [0, 0.05) is 13.1 Å². The van der Waals surface area contributed by atoms with Gasteiger partial charge in [-0.15, -0.1) is 0 Å². The number of aliphatic hydroxyl groups excluding tert-OH is 1. The van der Waals surface area contributed by atoms with E-state index in [2.05, 4.69) is 21.2 Å². The molecular formula is C16H26BrNO3. The van der Waals surface area contributed by atoms with Crippen molar-refractivity contribution in [2.75, 3.05) is 19.7 Å². The first-order valence-electron chi connectivity index (χ1n) is 7.34. The Kier molecular flexibility index (Phi) is 7.66. The van der Waals surface area contributed by atoms with E-state index in [1.165, 1.54) is 0 Å². The van der Waals surface area contributed by atoms with Crippen LogP contribution >= 0.6 is 15.9 Å². The van der Waals surface area contributed by atoms with Gasteiger partial charge in [0.2, 0.25) is 0 Å². The normalized spacial score (nSPS) is 15.5. The van der Waals surface area contributed by atoms with Crippen molar-refractivity contribution in [3.63, 3.8) is 0 Å². The Balaban J connectivity index is 2.29. The van der Waals surface area contributed by atoms with Crippen LogP contribution in [0, 0.1) is 6.92 Å². The number of halogens is 1. The van der Waals surface area contributed by atoms with Gasteiger partial charge in [-0.1, -0.05) is 19.4 Å². The number of ether oxygens (including phenoxy) is 1. The molecule has 0 amide bonds. The lowest BCUT2D eigenvalue weighted by Crippen LogP contribution is -2.41. The second kappa shape index (κ2) is 8.73. The predicted molar refractivity (Wildman–Crippen MR) is 88.8 cm³/mol. The number of aryl methyl sites for hydroxylation is 1. The summed E-state index contributed by atoms with van der Waals surface area (Å²) in [6.07, 6.45) is 1.06. The molecule has 3 N–H and O–H groups in total. The Labute approximate surface area is 135 Å². The third-order valence-corrected chi connectivity index (χ3v) is 3.81. The fourth-order valence-electron chi connectivity index (χ4n) is 2.10. The summed E-state index contributed by atoms with van der Waals surface area (Å²) in [6, 6.07) is 5.82. The molecule has 0 aliphatic carbocycles. The van der Waals surface area contributed by atoms with Crippen LogP contribution in [0.2, 0.25) is 0 Å². The number of benzene rings is 1. The molecule has 0 aliphatic heterocycles. The van der Waals surface area contributed by atoms with Gasteiger partial charge in [0.25, 0.3) is 0 Å². The molecule has 0 aromatic heterocycles. The van der Waals surface area contributed by atoms with Gasteiger partial charge in [-0.3, -0.25) is 0 Å². The largest absolute Gasteiger partial charge is 0.490 e. The summed E-state index contributed by atoms with van der Waals surface area (Å²) in [6.45, 7) is 6.92. The molecule has 0 radical (unpaired) electrons. The first-order chi connectivity index (χ1) is 9.84. The van der Waals surface area contributed by atoms with Crippen LogP contribution in [0.1, 0.15) is 32.3 Å². The van der Waals surface area contributed by atoms with Crippen molar-refractivity contribution in [3.05, 3.63) is 28.2 Å². The maximum Gasteiger partial charge on any atom is 0.133 e. The Hall–Kier alpha value is -0.620. The zero-order valence-electron chi connectivity index (χ0n) is 13.0. The van der Waals surface area contributed by atoms with Crippen LogP contribution in [-0.4, -0.2) is 41.6 Å². The molecule has 4 nitrogen and oxygen atoms in total. The fraction of sp³-hybridized carbons (Fsp3) is 0.625. The lowest BCUT2D eigenvalue weighted by molar-refractivity contribution is 0.0427. The molecule has 0 heterocycles. The Morgan fingerprint density at radius 2 is 2.14 bits per heavy atom. The van der Waals surface area contributed by atoms with Crippen LogP contribution < -0.4 is 10.1 Å². The molecule has 0 saturated heterocycles. The average molecular weight is 360 g/mol. The molecule has 1 aromatic carbocycles. The third kappa shape index (κ3) is 7.27. The van der Waals surface area contributed by atoms with Crippen LogP contribution in [0.15, 0.2) is 22.7 Å². The van der Waals surface area contributed by atoms with Crippen LogP contribution in [-0.2, 0) is 0 Å². The van der Waals surface area contributed by atoms with Crippen LogP contribution in [0.5, 0.6) is 5.75 Å². The van der Waals surface area contributed by atoms with Crippen molar-refractivity contribution in [3.8, 4) is 5.75 Å². The first-order valence-corrected chi connectivity index (χ1v) is 8.13. The van der Waals surface area contributed by atoms with E-state index in [1.54, 1.807) is 6.92 Å². The predicted octanol–water partition coefficient (Wildman–Crippen LogP) is 2.64. The first kappa shape index (κ1) is 18.4. The lowest BCUT2D eigenvalue weighted by Gasteiger charge is -2.24. The van der Waals surface area contributed by atoms with E-state index in [9.17, 15) is 10.2 Å². The second-order valence-electron chi connectivity index (χ2n) is 5.78. The number of aliphatic hydroxyl groups is 2. The monoisotopic (exact) mass is 359 g/mol. The van der Waals surface area contributed by atoms with E-state index in [0.717, 1.165) is 28.6 Å². The highest BCUT2D eigenvalue weighted by Gasteiger charge is 2.18. The van der Waals surface area contributed by atoms with Crippen molar-refractivity contribution < 1.29 is 14.9 Å². The van der Waals surface area contributed by atoms with Gasteiger partial charge < -0.3 is 20.3 Å². The average Bonchev–Trinajstić information content (AvgIpc) is 2.37. The molecule has 2 unspecified atom stereocenters. The summed E-state index contributed by atoms with van der Waals surface area (Å²) < 4.78 is 6.47. The maximum atomic E-state index is 10.0. The summed E-state index contributed by atoms with van der Waals surface area (Å²) in [4.78, 5) is 0. The summed E-state index contributed by atoms with van der Waals surface area (Å²) in [5.41, 5.74) is 0.421. The fourth-order valence-corrected chi connectivity index (χ4v) is 2.71. The maximum absolute atomic E-state index is 10.0. The highest BCUT2D eigenvalue weighted by atomic mass is 79.9. The molecule has 0 spiro atoms. The quantitative estimate of drug-likeness (QED) is 0.634. The number of rotatable bonds is 9. The highest BCUT2D eigenvalue weighted by Crippen LogP contribution is 2.25. The summed E-state index contributed by atoms with van der Waals surface area (Å²) in [5.74, 6) is 0.720. The number of nitrogens with one attached hydrogen (secondary N) is 1. The van der Waals surface area contributed by atoms with Crippen LogP contribution in [0.4, 0.5) is 0 Å². The number of hydrogen-bond donors (Lipinski definition) is 3. The highest BCUT2D eigenvalue weighted by molar-refractivity contribution is 9.10. The number of hydrogen-bond acceptors (Lipinski definition) is 4. The Morgan fingerprint density at radius 3 is 2.76 bits per heavy atom. The van der Waals surface area contributed by atoms with Crippen LogP contribution in [0.25, 0.3) is 0 Å². The van der Waals surface area contributed by atoms with E-state index in [4.69, 9.17) is 4.74 Å². The lowest BCUT2D eigenvalue weighted by atomic mass is 10.0. The smallest absolute Gasteiger partial charge is 0.133 e. The van der Waals surface area contributed by atoms with E-state index in [-0.39, 0.29) is 6.61 Å². The molecule has 0 bridgehead atoms. The minimum atomic E-state index is -0.727. The molecule has 1 aromatic rings. The van der Waals surface area contributed by atoms with E-state index in [1.807, 2.05) is 32.0 Å². The van der Waals surface area contributed by atoms with Gasteiger partial charge in [0.1, 0.15) is 18.5 Å². The van der Waals surface area contributed by atoms with Gasteiger partial charge in [0.15, 0.2) is 0 Å². The molecule has 120 valence electrons. The summed E-state index contributed by atoms with van der Waals surface area (Å²) in [5, 5.41) is 23.0. The van der Waals surface area contributed by atoms with Gasteiger partial charge in [-0.05, 0) is 53.9 Å². The van der Waals surface area contributed by atoms with Gasteiger partial charge in [-0.2, -0.15) is 0 Å². The van der Waals surface area contributed by atoms with E-state index >= 15 is 0 Å². The van der Waals surface area contributed by atoms with Crippen molar-refractivity contribution in [1.82, 2.24) is 5.32 Å². The van der Waals surface area contributed by atoms with Crippen molar-refractivity contribution >= 4 is 15.9 Å². The minimum Gasteiger partial charge on any atom is -0.490 e. The molecule has 0 fully saturated rings. The topological polar surface area (TPSA) is 61.7 Å². The summed E-state index contributed by atoms with van der Waals surface area (Å²) in [7, 11) is 0.